The zero-order valence-electron chi connectivity index (χ0n) is 26.7. The summed E-state index contributed by atoms with van der Waals surface area (Å²) < 4.78 is 40.1. The second-order valence-electron chi connectivity index (χ2n) is 11.5. The van der Waals surface area contributed by atoms with Crippen LogP contribution in [0, 0.1) is 0 Å². The topological polar surface area (TPSA) is 55.4 Å². The zero-order chi connectivity index (χ0) is 31.9. The summed E-state index contributed by atoms with van der Waals surface area (Å²) in [4.78, 5) is 0. The van der Waals surface area contributed by atoms with Crippen LogP contribution in [0.25, 0.3) is 0 Å². The summed E-state index contributed by atoms with van der Waals surface area (Å²) in [7, 11) is 0. The maximum atomic E-state index is 6.90. The van der Waals surface area contributed by atoms with E-state index in [2.05, 4.69) is 37.8 Å². The van der Waals surface area contributed by atoms with Gasteiger partial charge in [-0.2, -0.15) is 0 Å². The van der Waals surface area contributed by atoms with E-state index in [9.17, 15) is 0 Å². The predicted molar refractivity (Wildman–Crippen MR) is 180 cm³/mol. The zero-order valence-corrected chi connectivity index (χ0v) is 26.7. The summed E-state index contributed by atoms with van der Waals surface area (Å²) in [5.74, 6) is -1.29. The highest BCUT2D eigenvalue weighted by atomic mass is 16.7. The maximum absolute atomic E-state index is 6.90. The summed E-state index contributed by atoms with van der Waals surface area (Å²) in [6.07, 6.45) is 1.22. The van der Waals surface area contributed by atoms with Gasteiger partial charge in [-0.3, -0.25) is 0 Å². The average Bonchev–Trinajstić information content (AvgIpc) is 3.11. The van der Waals surface area contributed by atoms with Gasteiger partial charge in [0.15, 0.2) is 0 Å². The molecular formula is C40H46O6. The van der Waals surface area contributed by atoms with Crippen LogP contribution in [0.1, 0.15) is 42.0 Å². The number of hydrogen-bond acceptors (Lipinski definition) is 6. The van der Waals surface area contributed by atoms with Gasteiger partial charge >= 0.3 is 0 Å². The molecule has 5 rings (SSSR count). The van der Waals surface area contributed by atoms with E-state index in [4.69, 9.17) is 28.4 Å². The minimum atomic E-state index is -1.29. The largest absolute Gasteiger partial charge is 0.374 e. The Labute approximate surface area is 273 Å². The summed E-state index contributed by atoms with van der Waals surface area (Å²) in [5.41, 5.74) is 4.21. The Hall–Kier alpha value is -3.62. The molecule has 4 aromatic rings. The molecule has 0 radical (unpaired) electrons. The Kier molecular flexibility index (Phi) is 13.1. The van der Waals surface area contributed by atoms with Crippen molar-refractivity contribution in [3.05, 3.63) is 156 Å². The standard InChI is InChI=1S/C40H46O6/c1-3-5-26-45-40(4-2)39(44-30-35-24-16-9-17-25-35)38(43-29-34-22-14-8-15-23-34)37(42-28-33-20-12-7-13-21-33)36(46-40)31-41-27-32-18-10-6-11-19-32/h4,6-25,36-39H,2-3,5,26-31H2,1H3/t36-,37-,38+,39-,40+/m1/s1. The van der Waals surface area contributed by atoms with Gasteiger partial charge in [0.05, 0.1) is 39.6 Å². The fraction of sp³-hybridized carbons (Fsp3) is 0.350. The average molecular weight is 623 g/mol. The van der Waals surface area contributed by atoms with Gasteiger partial charge in [-0.1, -0.05) is 141 Å². The van der Waals surface area contributed by atoms with Crippen molar-refractivity contribution in [3.8, 4) is 0 Å². The number of ether oxygens (including phenoxy) is 6. The SMILES string of the molecule is C=C[C@]1(OCCCC)O[C@H](COCc2ccccc2)[C@@H](OCc2ccccc2)[C@H](OCc2ccccc2)[C@H]1OCc1ccccc1. The fourth-order valence-corrected chi connectivity index (χ4v) is 5.58. The van der Waals surface area contributed by atoms with Crippen LogP contribution in [0.15, 0.2) is 134 Å². The molecule has 1 saturated heterocycles. The van der Waals surface area contributed by atoms with Crippen molar-refractivity contribution in [1.82, 2.24) is 0 Å². The molecule has 1 aliphatic rings. The molecule has 0 saturated carbocycles. The van der Waals surface area contributed by atoms with E-state index in [1.54, 1.807) is 6.08 Å². The highest BCUT2D eigenvalue weighted by Crippen LogP contribution is 2.39. The monoisotopic (exact) mass is 622 g/mol. The van der Waals surface area contributed by atoms with E-state index < -0.39 is 30.2 Å². The lowest BCUT2D eigenvalue weighted by molar-refractivity contribution is -0.364. The van der Waals surface area contributed by atoms with Crippen LogP contribution in [-0.4, -0.2) is 43.4 Å². The molecule has 1 aliphatic heterocycles. The number of unbranched alkanes of at least 4 members (excludes halogenated alkanes) is 1. The lowest BCUT2D eigenvalue weighted by Gasteiger charge is -2.51. The summed E-state index contributed by atoms with van der Waals surface area (Å²) in [6, 6.07) is 40.4. The van der Waals surface area contributed by atoms with Crippen LogP contribution in [0.5, 0.6) is 0 Å². The molecule has 0 unspecified atom stereocenters. The second kappa shape index (κ2) is 17.9. The summed E-state index contributed by atoms with van der Waals surface area (Å²) >= 11 is 0. The van der Waals surface area contributed by atoms with Crippen LogP contribution < -0.4 is 0 Å². The van der Waals surface area contributed by atoms with E-state index in [-0.39, 0.29) is 6.61 Å². The third-order valence-electron chi connectivity index (χ3n) is 8.07. The van der Waals surface area contributed by atoms with E-state index in [0.717, 1.165) is 35.1 Å². The van der Waals surface area contributed by atoms with Crippen molar-refractivity contribution in [2.45, 2.75) is 76.4 Å². The molecule has 0 amide bonds. The number of hydrogen-bond donors (Lipinski definition) is 0. The molecule has 5 atom stereocenters. The first-order valence-corrected chi connectivity index (χ1v) is 16.2. The summed E-state index contributed by atoms with van der Waals surface area (Å²) in [5, 5.41) is 0. The third kappa shape index (κ3) is 9.46. The second-order valence-corrected chi connectivity index (χ2v) is 11.5. The molecule has 6 nitrogen and oxygen atoms in total. The summed E-state index contributed by atoms with van der Waals surface area (Å²) in [6.45, 7) is 8.60. The van der Waals surface area contributed by atoms with Crippen LogP contribution in [-0.2, 0) is 54.8 Å². The van der Waals surface area contributed by atoms with Crippen LogP contribution in [0.2, 0.25) is 0 Å². The van der Waals surface area contributed by atoms with Crippen molar-refractivity contribution in [2.75, 3.05) is 13.2 Å². The van der Waals surface area contributed by atoms with Crippen molar-refractivity contribution in [3.63, 3.8) is 0 Å². The quantitative estimate of drug-likeness (QED) is 0.0827. The molecule has 0 aromatic heterocycles. The molecule has 0 N–H and O–H groups in total. The normalized spacial score (nSPS) is 22.8. The minimum Gasteiger partial charge on any atom is -0.374 e. The Morgan fingerprint density at radius 2 is 1.09 bits per heavy atom. The number of rotatable bonds is 18. The smallest absolute Gasteiger partial charge is 0.217 e. The lowest BCUT2D eigenvalue weighted by atomic mass is 9.91. The molecule has 1 heterocycles. The molecule has 0 aliphatic carbocycles. The molecular weight excluding hydrogens is 576 g/mol. The third-order valence-corrected chi connectivity index (χ3v) is 8.07. The first-order valence-electron chi connectivity index (χ1n) is 16.2. The van der Waals surface area contributed by atoms with E-state index in [0.29, 0.717) is 33.0 Å². The van der Waals surface area contributed by atoms with Crippen molar-refractivity contribution >= 4 is 0 Å². The Morgan fingerprint density at radius 3 is 1.57 bits per heavy atom. The predicted octanol–water partition coefficient (Wildman–Crippen LogP) is 8.06. The Bertz CT molecular complexity index is 1400. The molecule has 0 spiro atoms. The maximum Gasteiger partial charge on any atom is 0.217 e. The molecule has 1 fully saturated rings. The highest BCUT2D eigenvalue weighted by molar-refractivity contribution is 5.17. The van der Waals surface area contributed by atoms with E-state index in [1.807, 2.05) is 97.1 Å². The fourth-order valence-electron chi connectivity index (χ4n) is 5.58. The van der Waals surface area contributed by atoms with Gasteiger partial charge in [-0.25, -0.2) is 0 Å². The Balaban J connectivity index is 1.49. The van der Waals surface area contributed by atoms with Gasteiger partial charge in [0, 0.05) is 0 Å². The van der Waals surface area contributed by atoms with Crippen LogP contribution >= 0.6 is 0 Å². The van der Waals surface area contributed by atoms with Gasteiger partial charge in [0.25, 0.3) is 0 Å². The molecule has 4 aromatic carbocycles. The van der Waals surface area contributed by atoms with Crippen LogP contribution in [0.4, 0.5) is 0 Å². The lowest BCUT2D eigenvalue weighted by Crippen LogP contribution is -2.67. The minimum absolute atomic E-state index is 0.262. The van der Waals surface area contributed by atoms with Crippen LogP contribution in [0.3, 0.4) is 0 Å². The van der Waals surface area contributed by atoms with Gasteiger partial charge in [0.1, 0.15) is 24.4 Å². The van der Waals surface area contributed by atoms with Crippen molar-refractivity contribution < 1.29 is 28.4 Å². The van der Waals surface area contributed by atoms with Gasteiger partial charge in [-0.05, 0) is 34.8 Å². The highest BCUT2D eigenvalue weighted by Gasteiger charge is 2.56. The molecule has 46 heavy (non-hydrogen) atoms. The van der Waals surface area contributed by atoms with Crippen molar-refractivity contribution in [1.29, 1.82) is 0 Å². The molecule has 0 bridgehead atoms. The van der Waals surface area contributed by atoms with E-state index in [1.165, 1.54) is 0 Å². The first-order chi connectivity index (χ1) is 22.7. The van der Waals surface area contributed by atoms with Gasteiger partial charge < -0.3 is 28.4 Å². The first kappa shape index (κ1) is 33.7. The van der Waals surface area contributed by atoms with E-state index >= 15 is 0 Å². The molecule has 242 valence electrons. The molecule has 6 heteroatoms. The van der Waals surface area contributed by atoms with Gasteiger partial charge in [0.2, 0.25) is 5.79 Å². The Morgan fingerprint density at radius 1 is 0.630 bits per heavy atom. The number of benzene rings is 4. The van der Waals surface area contributed by atoms with Gasteiger partial charge in [-0.15, -0.1) is 0 Å². The van der Waals surface area contributed by atoms with Crippen molar-refractivity contribution in [2.24, 2.45) is 0 Å².